The first kappa shape index (κ1) is 85.3. The van der Waals surface area contributed by atoms with E-state index >= 15 is 0 Å². The van der Waals surface area contributed by atoms with Gasteiger partial charge in [-0.1, -0.05) is 199 Å². The second-order valence-corrected chi connectivity index (χ2v) is 41.3. The fourth-order valence-corrected chi connectivity index (χ4v) is 19.0. The Morgan fingerprint density at radius 3 is 1.31 bits per heavy atom. The van der Waals surface area contributed by atoms with Crippen LogP contribution in [0.3, 0.4) is 0 Å². The van der Waals surface area contributed by atoms with Crippen LogP contribution >= 0.6 is 11.8 Å². The Hall–Kier alpha value is -4.60. The predicted molar refractivity (Wildman–Crippen MR) is 406 cm³/mol. The Morgan fingerprint density at radius 1 is 0.495 bits per heavy atom. The van der Waals surface area contributed by atoms with E-state index in [0.29, 0.717) is 67.4 Å². The van der Waals surface area contributed by atoms with Crippen molar-refractivity contribution in [2.45, 2.75) is 266 Å². The Balaban J connectivity index is 0.000000262. The molecule has 564 valence electrons. The van der Waals surface area contributed by atoms with Gasteiger partial charge in [0.2, 0.25) is 0 Å². The van der Waals surface area contributed by atoms with Crippen LogP contribution < -0.4 is 9.47 Å². The highest BCUT2D eigenvalue weighted by Crippen LogP contribution is 2.49. The van der Waals surface area contributed by atoms with Crippen molar-refractivity contribution >= 4 is 28.4 Å². The number of hydrogen-bond acceptors (Lipinski definition) is 17. The normalized spacial score (nSPS) is 30.2. The maximum absolute atomic E-state index is 10.8. The van der Waals surface area contributed by atoms with Crippen LogP contribution in [0.25, 0.3) is 20.9 Å². The molecular formula is C78H124N6O14SSi2. The Bertz CT molecular complexity index is 3150. The van der Waals surface area contributed by atoms with Gasteiger partial charge in [-0.15, -0.1) is 11.8 Å². The average Bonchev–Trinajstić information content (AvgIpc) is 0.774. The lowest BCUT2D eigenvalue weighted by molar-refractivity contribution is -0.322. The number of methoxy groups -OCH3 is 2. The van der Waals surface area contributed by atoms with Crippen LogP contribution in [0.5, 0.6) is 11.5 Å². The van der Waals surface area contributed by atoms with Gasteiger partial charge in [-0.05, 0) is 155 Å². The quantitative estimate of drug-likeness (QED) is 0.0221. The zero-order chi connectivity index (χ0) is 74.6. The SMILES string of the molecule is CCS[C@@H]1OC(COCc2ccccc2)[C@@H](C)[C@H](C)C1C.COc1ccc(CO[C@@H]2C(N=[N+]=[N-])[C@@H](O[Si](C)(C)C(C)(C)C(C)C)O[C@@H](C)[C@H]2O)cc1.COc1ccc(CO[C@@H]2C(N=[N+]=[N-])[C@@H](O[Si](C)(C)C(C)(C)C(C)C)O[C@@H](C)[C@H]2O[C@@H]2OC(COCc3ccccc3)[C@@H](C)[C@H](C)C2C)cc1. The maximum atomic E-state index is 10.8. The van der Waals surface area contributed by atoms with E-state index in [2.05, 4.69) is 186 Å². The molecule has 101 heavy (non-hydrogen) atoms. The summed E-state index contributed by atoms with van der Waals surface area (Å²) in [5.74, 6) is 5.88. The molecule has 4 aromatic rings. The van der Waals surface area contributed by atoms with Crippen LogP contribution in [0.2, 0.25) is 36.3 Å². The first-order valence-corrected chi connectivity index (χ1v) is 43.4. The van der Waals surface area contributed by atoms with Crippen LogP contribution in [0.15, 0.2) is 119 Å². The number of thioether (sulfide) groups is 1. The Morgan fingerprint density at radius 2 is 0.891 bits per heavy atom. The lowest BCUT2D eigenvalue weighted by atomic mass is 9.79. The molecule has 4 saturated heterocycles. The lowest BCUT2D eigenvalue weighted by Crippen LogP contribution is -2.63. The number of aliphatic hydroxyl groups excluding tert-OH is 1. The molecule has 8 rings (SSSR count). The smallest absolute Gasteiger partial charge is 0.196 e. The van der Waals surface area contributed by atoms with Crippen LogP contribution in [-0.4, -0.2) is 140 Å². The lowest BCUT2D eigenvalue weighted by Gasteiger charge is -2.51. The van der Waals surface area contributed by atoms with Crippen molar-refractivity contribution in [3.05, 3.63) is 152 Å². The summed E-state index contributed by atoms with van der Waals surface area (Å²) in [4.78, 5) is 6.26. The number of aliphatic hydroxyl groups is 1. The van der Waals surface area contributed by atoms with E-state index in [0.717, 1.165) is 33.9 Å². The van der Waals surface area contributed by atoms with Gasteiger partial charge in [0.1, 0.15) is 47.3 Å². The molecule has 20 nitrogen and oxygen atoms in total. The third-order valence-corrected chi connectivity index (χ3v) is 33.5. The Kier molecular flexibility index (Phi) is 33.5. The third-order valence-electron chi connectivity index (χ3n) is 23.3. The van der Waals surface area contributed by atoms with Crippen molar-refractivity contribution in [1.82, 2.24) is 0 Å². The summed E-state index contributed by atoms with van der Waals surface area (Å²) in [6, 6.07) is 34.1. The molecule has 4 aliphatic heterocycles. The summed E-state index contributed by atoms with van der Waals surface area (Å²) in [5, 5.41) is 18.8. The molecule has 20 atom stereocenters. The minimum atomic E-state index is -2.40. The maximum Gasteiger partial charge on any atom is 0.196 e. The molecule has 0 aliphatic carbocycles. The third kappa shape index (κ3) is 23.0. The monoisotopic (exact) mass is 1460 g/mol. The van der Waals surface area contributed by atoms with Gasteiger partial charge in [-0.2, -0.15) is 0 Å². The molecule has 0 spiro atoms. The molecule has 0 bridgehead atoms. The molecule has 4 aromatic carbocycles. The summed E-state index contributed by atoms with van der Waals surface area (Å²) in [6.45, 7) is 48.7. The topological polar surface area (TPSA) is 238 Å². The van der Waals surface area contributed by atoms with Crippen LogP contribution in [0.1, 0.15) is 140 Å². The van der Waals surface area contributed by atoms with Crippen molar-refractivity contribution in [2.24, 2.45) is 57.6 Å². The van der Waals surface area contributed by atoms with Gasteiger partial charge >= 0.3 is 0 Å². The van der Waals surface area contributed by atoms with E-state index in [1.165, 1.54) is 5.56 Å². The summed E-state index contributed by atoms with van der Waals surface area (Å²) in [5.41, 5.74) is 23.6. The highest BCUT2D eigenvalue weighted by molar-refractivity contribution is 7.99. The molecule has 0 radical (unpaired) electrons. The standard InChI is InChI=1S/C38H59N3O7Si.C22H37N3O5Si.C18H28O2S/c1-24(2)38(7,8)49(10,11)48-37-33(40-41-39)35(44-22-30-17-19-31(42-9)20-18-30)34(28(6)45-37)47-36-27(5)25(3)26(4)32(46-36)23-43-21-29-15-13-12-14-16-29;1-14(2)22(4,5)31(7,8)30-21-18(24-25-23)20(19(26)15(3)29-21)28-13-16-9-11-17(27-6)12-10-16;1-5-21-18-15(4)13(2)14(3)17(20-18)12-19-11-16-9-7-6-8-10-16/h12-20,24-28,32-37H,21-23H2,1-11H3;9-12,14-15,18-21,26H,13H2,1-8H3;6-10,13-15,17-18H,5,11-12H2,1-4H3/t25-,26-,27?,28-,32?,33?,34+,35+,36-,37+;15-,18?,19+,20+,21+;13-,14-,15?,17?,18-/m000/s1. The summed E-state index contributed by atoms with van der Waals surface area (Å²) < 4.78 is 81.2. The fraction of sp³-hybridized carbons (Fsp3) is 0.692. The number of hydrogen-bond donors (Lipinski definition) is 1. The second kappa shape index (κ2) is 39.7. The first-order chi connectivity index (χ1) is 47.8. The zero-order valence-corrected chi connectivity index (χ0v) is 67.7. The van der Waals surface area contributed by atoms with Crippen molar-refractivity contribution in [2.75, 3.05) is 33.2 Å². The van der Waals surface area contributed by atoms with Crippen molar-refractivity contribution < 1.29 is 66.1 Å². The molecule has 0 amide bonds. The van der Waals surface area contributed by atoms with E-state index < -0.39 is 84.2 Å². The van der Waals surface area contributed by atoms with Gasteiger partial charge in [0.05, 0.1) is 84.4 Å². The highest BCUT2D eigenvalue weighted by atomic mass is 32.2. The summed E-state index contributed by atoms with van der Waals surface area (Å²) in [7, 11) is -1.44. The van der Waals surface area contributed by atoms with Crippen LogP contribution in [0, 0.1) is 47.3 Å². The number of rotatable bonds is 30. The fourth-order valence-electron chi connectivity index (χ4n) is 13.0. The van der Waals surface area contributed by atoms with Gasteiger partial charge in [0, 0.05) is 15.7 Å². The molecule has 6 unspecified atom stereocenters. The van der Waals surface area contributed by atoms with E-state index in [1.54, 1.807) is 21.1 Å². The minimum absolute atomic E-state index is 0.0456. The molecule has 23 heteroatoms. The van der Waals surface area contributed by atoms with Gasteiger partial charge in [0.15, 0.2) is 35.5 Å². The highest BCUT2D eigenvalue weighted by Gasteiger charge is 2.54. The molecule has 0 saturated carbocycles. The largest absolute Gasteiger partial charge is 0.497 e. The zero-order valence-electron chi connectivity index (χ0n) is 64.9. The molecule has 4 fully saturated rings. The molecular weight excluding hydrogens is 1330 g/mol. The predicted octanol–water partition coefficient (Wildman–Crippen LogP) is 18.5. The van der Waals surface area contributed by atoms with Crippen molar-refractivity contribution in [1.29, 1.82) is 0 Å². The molecule has 1 N–H and O–H groups in total. The average molecular weight is 1460 g/mol. The van der Waals surface area contributed by atoms with Crippen LogP contribution in [-0.2, 0) is 77.9 Å². The number of nitrogens with zero attached hydrogens (tertiary/aromatic N) is 6. The summed E-state index contributed by atoms with van der Waals surface area (Å²) in [6.07, 6.45) is -6.01. The van der Waals surface area contributed by atoms with Gasteiger partial charge in [0.25, 0.3) is 0 Å². The van der Waals surface area contributed by atoms with E-state index in [-0.39, 0.29) is 47.3 Å². The number of azide groups is 2. The molecule has 4 aliphatic rings. The molecule has 4 heterocycles. The molecule has 0 aromatic heterocycles. The van der Waals surface area contributed by atoms with Gasteiger partial charge in [-0.25, -0.2) is 0 Å². The number of ether oxygens (including phenoxy) is 11. The van der Waals surface area contributed by atoms with Crippen molar-refractivity contribution in [3.8, 4) is 11.5 Å². The van der Waals surface area contributed by atoms with Crippen LogP contribution in [0.4, 0.5) is 0 Å². The number of benzene rings is 4. The summed E-state index contributed by atoms with van der Waals surface area (Å²) >= 11 is 1.92. The first-order valence-electron chi connectivity index (χ1n) is 36.5. The van der Waals surface area contributed by atoms with Gasteiger partial charge in [-0.3, -0.25) is 0 Å². The van der Waals surface area contributed by atoms with E-state index in [1.807, 2.05) is 91.5 Å². The van der Waals surface area contributed by atoms with Gasteiger partial charge < -0.3 is 66.1 Å². The minimum Gasteiger partial charge on any atom is -0.497 e. The Labute approximate surface area is 611 Å². The second-order valence-electron chi connectivity index (χ2n) is 30.9. The van der Waals surface area contributed by atoms with Crippen molar-refractivity contribution in [3.63, 3.8) is 0 Å². The van der Waals surface area contributed by atoms with E-state index in [4.69, 9.17) is 61.0 Å². The van der Waals surface area contributed by atoms with E-state index in [9.17, 15) is 16.2 Å².